The van der Waals surface area contributed by atoms with Crippen molar-refractivity contribution in [3.63, 3.8) is 0 Å². The van der Waals surface area contributed by atoms with Crippen LogP contribution >= 0.6 is 11.8 Å². The molecule has 2 nitrogen and oxygen atoms in total. The van der Waals surface area contributed by atoms with Gasteiger partial charge in [-0.3, -0.25) is 4.99 Å². The fraction of sp³-hybridized carbons (Fsp3) is 0.900. The molecule has 0 radical (unpaired) electrons. The summed E-state index contributed by atoms with van der Waals surface area (Å²) in [5.74, 6) is 1.99. The predicted molar refractivity (Wildman–Crippen MR) is 59.6 cm³/mol. The minimum absolute atomic E-state index is 0.312. The van der Waals surface area contributed by atoms with Gasteiger partial charge < -0.3 is 5.32 Å². The van der Waals surface area contributed by atoms with Crippen LogP contribution in [0.2, 0.25) is 0 Å². The molecule has 0 aromatic rings. The molecule has 0 aromatic carbocycles. The second-order valence-corrected chi connectivity index (χ2v) is 4.99. The number of fused-ring (bicyclic) bond motifs is 1. The van der Waals surface area contributed by atoms with Crippen LogP contribution in [-0.4, -0.2) is 30.2 Å². The standard InChI is InChI=1S/C10H17FN2S/c11-5-6-12-10-13-9-4-2-1-3-8(9)7-14-10/h8-9H,1-7H2,(H,12,13). The monoisotopic (exact) mass is 216 g/mol. The van der Waals surface area contributed by atoms with E-state index in [1.165, 1.54) is 31.4 Å². The Balaban J connectivity index is 1.89. The molecule has 1 N–H and O–H groups in total. The third kappa shape index (κ3) is 2.41. The van der Waals surface area contributed by atoms with Gasteiger partial charge in [0.25, 0.3) is 0 Å². The molecule has 2 atom stereocenters. The number of alkyl halides is 1. The van der Waals surface area contributed by atoms with Gasteiger partial charge in [0.05, 0.1) is 6.54 Å². The first-order valence-electron chi connectivity index (χ1n) is 5.40. The topological polar surface area (TPSA) is 24.4 Å². The van der Waals surface area contributed by atoms with E-state index < -0.39 is 0 Å². The van der Waals surface area contributed by atoms with Crippen LogP contribution in [0, 0.1) is 5.92 Å². The fourth-order valence-corrected chi connectivity index (χ4v) is 3.41. The Kier molecular flexibility index (Phi) is 3.67. The van der Waals surface area contributed by atoms with E-state index in [9.17, 15) is 4.39 Å². The average Bonchev–Trinajstić information content (AvgIpc) is 2.26. The minimum atomic E-state index is -0.347. The molecule has 0 aromatic heterocycles. The van der Waals surface area contributed by atoms with Crippen LogP contribution in [-0.2, 0) is 0 Å². The van der Waals surface area contributed by atoms with Gasteiger partial charge in [-0.25, -0.2) is 4.39 Å². The Hall–Kier alpha value is -0.250. The van der Waals surface area contributed by atoms with Crippen LogP contribution in [0.5, 0.6) is 0 Å². The number of nitrogens with zero attached hydrogens (tertiary/aromatic N) is 1. The molecule has 2 rings (SSSR count). The van der Waals surface area contributed by atoms with Gasteiger partial charge in [0, 0.05) is 11.8 Å². The van der Waals surface area contributed by atoms with Gasteiger partial charge in [0.15, 0.2) is 5.17 Å². The van der Waals surface area contributed by atoms with Crippen molar-refractivity contribution < 1.29 is 4.39 Å². The molecule has 1 saturated carbocycles. The first-order chi connectivity index (χ1) is 6.90. The lowest BCUT2D eigenvalue weighted by Crippen LogP contribution is -2.46. The van der Waals surface area contributed by atoms with E-state index >= 15 is 0 Å². The Bertz CT molecular complexity index is 220. The molecule has 0 spiro atoms. The summed E-state index contributed by atoms with van der Waals surface area (Å²) in [4.78, 5) is 4.19. The van der Waals surface area contributed by atoms with Crippen LogP contribution in [0.1, 0.15) is 25.7 Å². The van der Waals surface area contributed by atoms with Gasteiger partial charge in [-0.1, -0.05) is 24.6 Å². The number of thioether (sulfide) groups is 1. The van der Waals surface area contributed by atoms with Gasteiger partial charge in [-0.2, -0.15) is 0 Å². The number of nitrogens with one attached hydrogen (secondary N) is 1. The highest BCUT2D eigenvalue weighted by atomic mass is 32.2. The van der Waals surface area contributed by atoms with Crippen molar-refractivity contribution in [1.82, 2.24) is 5.32 Å². The molecule has 2 unspecified atom stereocenters. The summed E-state index contributed by atoms with van der Waals surface area (Å²) >= 11 is 1.76. The number of amidine groups is 1. The summed E-state index contributed by atoms with van der Waals surface area (Å²) in [5, 5.41) is 4.40. The Morgan fingerprint density at radius 1 is 1.43 bits per heavy atom. The van der Waals surface area contributed by atoms with Crippen LogP contribution in [0.3, 0.4) is 0 Å². The predicted octanol–water partition coefficient (Wildman–Crippen LogP) is 2.21. The quantitative estimate of drug-likeness (QED) is 0.765. The zero-order chi connectivity index (χ0) is 9.80. The van der Waals surface area contributed by atoms with Crippen LogP contribution in [0.4, 0.5) is 4.39 Å². The maximum absolute atomic E-state index is 11.9. The average molecular weight is 216 g/mol. The molecular formula is C10H17FN2S. The van der Waals surface area contributed by atoms with E-state index in [1.807, 2.05) is 0 Å². The molecule has 2 aliphatic rings. The first-order valence-corrected chi connectivity index (χ1v) is 6.38. The number of halogens is 1. The van der Waals surface area contributed by atoms with E-state index in [1.54, 1.807) is 11.8 Å². The van der Waals surface area contributed by atoms with Crippen LogP contribution in [0.25, 0.3) is 0 Å². The highest BCUT2D eigenvalue weighted by Crippen LogP contribution is 2.31. The lowest BCUT2D eigenvalue weighted by atomic mass is 9.86. The fourth-order valence-electron chi connectivity index (χ4n) is 2.22. The lowest BCUT2D eigenvalue weighted by Gasteiger charge is -2.36. The summed E-state index contributed by atoms with van der Waals surface area (Å²) in [6, 6.07) is 0.614. The van der Waals surface area contributed by atoms with E-state index in [4.69, 9.17) is 0 Å². The Labute approximate surface area is 88.7 Å². The van der Waals surface area contributed by atoms with Gasteiger partial charge in [0.2, 0.25) is 0 Å². The molecule has 0 amide bonds. The summed E-state index contributed by atoms with van der Waals surface area (Å²) in [6.07, 6.45) is 5.32. The third-order valence-corrected chi connectivity index (χ3v) is 4.11. The molecule has 1 aliphatic heterocycles. The molecule has 1 saturated heterocycles. The largest absolute Gasteiger partial charge is 0.362 e. The number of hydrogen-bond acceptors (Lipinski definition) is 2. The summed E-state index contributed by atoms with van der Waals surface area (Å²) < 4.78 is 11.9. The molecule has 4 heteroatoms. The highest BCUT2D eigenvalue weighted by molar-refractivity contribution is 8.13. The molecule has 0 bridgehead atoms. The van der Waals surface area contributed by atoms with Crippen molar-refractivity contribution in [1.29, 1.82) is 0 Å². The number of hydrogen-bond donors (Lipinski definition) is 1. The van der Waals surface area contributed by atoms with Gasteiger partial charge in [-0.15, -0.1) is 0 Å². The normalized spacial score (nSPS) is 35.1. The Morgan fingerprint density at radius 2 is 2.29 bits per heavy atom. The molecule has 1 heterocycles. The summed E-state index contributed by atoms with van der Waals surface area (Å²) in [5.41, 5.74) is 0. The summed E-state index contributed by atoms with van der Waals surface area (Å²) in [7, 11) is 0. The van der Waals surface area contributed by atoms with Gasteiger partial charge >= 0.3 is 0 Å². The zero-order valence-corrected chi connectivity index (χ0v) is 9.15. The van der Waals surface area contributed by atoms with Gasteiger partial charge in [0.1, 0.15) is 6.67 Å². The molecule has 1 aliphatic carbocycles. The molecule has 2 fully saturated rings. The van der Waals surface area contributed by atoms with Crippen LogP contribution < -0.4 is 5.32 Å². The summed E-state index contributed by atoms with van der Waals surface area (Å²) in [6.45, 7) is -0.0352. The smallest absolute Gasteiger partial charge is 0.156 e. The number of rotatable bonds is 2. The van der Waals surface area contributed by atoms with Crippen molar-refractivity contribution in [2.45, 2.75) is 31.7 Å². The highest BCUT2D eigenvalue weighted by Gasteiger charge is 2.29. The maximum atomic E-state index is 11.9. The minimum Gasteiger partial charge on any atom is -0.362 e. The van der Waals surface area contributed by atoms with Crippen molar-refractivity contribution in [3.05, 3.63) is 0 Å². The first kappa shape index (κ1) is 10.3. The second-order valence-electron chi connectivity index (χ2n) is 3.98. The third-order valence-electron chi connectivity index (χ3n) is 2.99. The SMILES string of the molecule is FCCN=C1NC2CCCCC2CS1. The van der Waals surface area contributed by atoms with E-state index in [0.29, 0.717) is 12.6 Å². The van der Waals surface area contributed by atoms with E-state index in [-0.39, 0.29) is 6.67 Å². The lowest BCUT2D eigenvalue weighted by molar-refractivity contribution is 0.311. The molecular weight excluding hydrogens is 199 g/mol. The Morgan fingerprint density at radius 3 is 3.14 bits per heavy atom. The van der Waals surface area contributed by atoms with Crippen molar-refractivity contribution in [2.24, 2.45) is 10.9 Å². The second kappa shape index (κ2) is 5.01. The van der Waals surface area contributed by atoms with Crippen LogP contribution in [0.15, 0.2) is 4.99 Å². The molecule has 80 valence electrons. The van der Waals surface area contributed by atoms with E-state index in [2.05, 4.69) is 10.3 Å². The van der Waals surface area contributed by atoms with Crippen molar-refractivity contribution in [2.75, 3.05) is 19.0 Å². The van der Waals surface area contributed by atoms with Gasteiger partial charge in [-0.05, 0) is 18.8 Å². The maximum Gasteiger partial charge on any atom is 0.156 e. The number of aliphatic imine (C=N–C) groups is 1. The zero-order valence-electron chi connectivity index (χ0n) is 8.34. The van der Waals surface area contributed by atoms with Crippen molar-refractivity contribution in [3.8, 4) is 0 Å². The molecule has 14 heavy (non-hydrogen) atoms. The van der Waals surface area contributed by atoms with E-state index in [0.717, 1.165) is 11.1 Å². The van der Waals surface area contributed by atoms with Crippen molar-refractivity contribution >= 4 is 16.9 Å².